The van der Waals surface area contributed by atoms with Crippen LogP contribution >= 0.6 is 0 Å². The highest BCUT2D eigenvalue weighted by molar-refractivity contribution is 5.89. The molecule has 1 rings (SSSR count). The van der Waals surface area contributed by atoms with Crippen molar-refractivity contribution in [2.45, 2.75) is 26.9 Å². The van der Waals surface area contributed by atoms with Crippen LogP contribution in [0.1, 0.15) is 31.1 Å². The number of carbonyl (C=O) groups excluding carboxylic acids is 2. The number of hydrogen-bond acceptors (Lipinski definition) is 4. The van der Waals surface area contributed by atoms with Gasteiger partial charge in [-0.05, 0) is 39.0 Å². The van der Waals surface area contributed by atoms with Crippen molar-refractivity contribution in [1.29, 1.82) is 0 Å². The molecule has 0 aliphatic carbocycles. The molecule has 0 aliphatic rings. The molecule has 0 saturated heterocycles. The number of ether oxygens (including phenoxy) is 2. The molecule has 0 heterocycles. The van der Waals surface area contributed by atoms with Gasteiger partial charge in [0.1, 0.15) is 12.0 Å². The van der Waals surface area contributed by atoms with Gasteiger partial charge in [-0.15, -0.1) is 0 Å². The molecular formula is C13H18O4. The largest absolute Gasteiger partial charge is 0.491 e. The predicted molar refractivity (Wildman–Crippen MR) is 65.3 cm³/mol. The minimum absolute atomic E-state index is 0.0999. The van der Waals surface area contributed by atoms with Gasteiger partial charge < -0.3 is 14.3 Å². The summed E-state index contributed by atoms with van der Waals surface area (Å²) in [7, 11) is 1.36. The van der Waals surface area contributed by atoms with Gasteiger partial charge in [0.2, 0.25) is 0 Å². The standard InChI is InChI=1S/C11H14O3.C2H4O/c1-8(2)14-10-6-4-5-9(7-10)11(12)13-3;1-2-3/h4-8H,1-3H3;2H,1H3. The molecule has 0 N–H and O–H groups in total. The van der Waals surface area contributed by atoms with E-state index in [-0.39, 0.29) is 12.1 Å². The quantitative estimate of drug-likeness (QED) is 0.599. The molecule has 1 aromatic carbocycles. The summed E-state index contributed by atoms with van der Waals surface area (Å²) in [4.78, 5) is 20.0. The third-order valence-electron chi connectivity index (χ3n) is 1.63. The van der Waals surface area contributed by atoms with Gasteiger partial charge in [-0.3, -0.25) is 0 Å². The zero-order chi connectivity index (χ0) is 13.3. The molecule has 0 amide bonds. The Morgan fingerprint density at radius 2 is 1.94 bits per heavy atom. The number of esters is 1. The van der Waals surface area contributed by atoms with Crippen LogP contribution in [-0.4, -0.2) is 25.5 Å². The van der Waals surface area contributed by atoms with Crippen molar-refractivity contribution < 1.29 is 19.1 Å². The lowest BCUT2D eigenvalue weighted by Gasteiger charge is -2.09. The molecular weight excluding hydrogens is 220 g/mol. The van der Waals surface area contributed by atoms with E-state index in [0.717, 1.165) is 6.29 Å². The van der Waals surface area contributed by atoms with Gasteiger partial charge in [0.05, 0.1) is 18.8 Å². The number of methoxy groups -OCH3 is 1. The average molecular weight is 238 g/mol. The van der Waals surface area contributed by atoms with E-state index < -0.39 is 0 Å². The van der Waals surface area contributed by atoms with Gasteiger partial charge >= 0.3 is 5.97 Å². The monoisotopic (exact) mass is 238 g/mol. The first kappa shape index (κ1) is 15.2. The van der Waals surface area contributed by atoms with Gasteiger partial charge in [-0.2, -0.15) is 0 Å². The van der Waals surface area contributed by atoms with Crippen molar-refractivity contribution in [3.63, 3.8) is 0 Å². The first-order chi connectivity index (χ1) is 8.04. The van der Waals surface area contributed by atoms with Crippen molar-refractivity contribution in [2.24, 2.45) is 0 Å². The van der Waals surface area contributed by atoms with Crippen LogP contribution in [0.15, 0.2) is 24.3 Å². The normalized spacial score (nSPS) is 9.00. The summed E-state index contributed by atoms with van der Waals surface area (Å²) in [6.45, 7) is 5.32. The molecule has 17 heavy (non-hydrogen) atoms. The Kier molecular flexibility index (Phi) is 7.43. The molecule has 0 radical (unpaired) electrons. The van der Waals surface area contributed by atoms with E-state index in [1.165, 1.54) is 14.0 Å². The van der Waals surface area contributed by atoms with E-state index in [9.17, 15) is 4.79 Å². The summed E-state index contributed by atoms with van der Waals surface area (Å²) < 4.78 is 10.0. The lowest BCUT2D eigenvalue weighted by molar-refractivity contribution is -0.106. The molecule has 4 nitrogen and oxygen atoms in total. The molecule has 0 fully saturated rings. The van der Waals surface area contributed by atoms with Crippen LogP contribution in [0.5, 0.6) is 5.75 Å². The van der Waals surface area contributed by atoms with Crippen LogP contribution in [0, 0.1) is 0 Å². The minimum atomic E-state index is -0.348. The maximum atomic E-state index is 11.2. The summed E-state index contributed by atoms with van der Waals surface area (Å²) in [5, 5.41) is 0. The number of aldehydes is 1. The van der Waals surface area contributed by atoms with E-state index in [2.05, 4.69) is 4.74 Å². The van der Waals surface area contributed by atoms with Crippen LogP contribution in [-0.2, 0) is 9.53 Å². The van der Waals surface area contributed by atoms with Crippen LogP contribution in [0.3, 0.4) is 0 Å². The highest BCUT2D eigenvalue weighted by Gasteiger charge is 2.06. The second-order valence-corrected chi connectivity index (χ2v) is 3.42. The fourth-order valence-electron chi connectivity index (χ4n) is 1.09. The van der Waals surface area contributed by atoms with Crippen molar-refractivity contribution >= 4 is 12.3 Å². The maximum absolute atomic E-state index is 11.2. The second-order valence-electron chi connectivity index (χ2n) is 3.42. The summed E-state index contributed by atoms with van der Waals surface area (Å²) in [6, 6.07) is 6.95. The Morgan fingerprint density at radius 1 is 1.35 bits per heavy atom. The molecule has 0 aliphatic heterocycles. The Labute approximate surface area is 102 Å². The molecule has 0 bridgehead atoms. The van der Waals surface area contributed by atoms with Crippen molar-refractivity contribution in [2.75, 3.05) is 7.11 Å². The maximum Gasteiger partial charge on any atom is 0.337 e. The van der Waals surface area contributed by atoms with E-state index in [4.69, 9.17) is 9.53 Å². The highest BCUT2D eigenvalue weighted by Crippen LogP contribution is 2.15. The smallest absolute Gasteiger partial charge is 0.337 e. The molecule has 0 saturated carbocycles. The molecule has 4 heteroatoms. The third-order valence-corrected chi connectivity index (χ3v) is 1.63. The summed E-state index contributed by atoms with van der Waals surface area (Å²) >= 11 is 0. The number of hydrogen-bond donors (Lipinski definition) is 0. The van der Waals surface area contributed by atoms with Gasteiger partial charge in [0.25, 0.3) is 0 Å². The molecule has 94 valence electrons. The van der Waals surface area contributed by atoms with Crippen LogP contribution < -0.4 is 4.74 Å². The molecule has 0 atom stereocenters. The summed E-state index contributed by atoms with van der Waals surface area (Å²) in [6.07, 6.45) is 0.850. The number of rotatable bonds is 3. The van der Waals surface area contributed by atoms with Crippen molar-refractivity contribution in [1.82, 2.24) is 0 Å². The average Bonchev–Trinajstić information content (AvgIpc) is 2.28. The minimum Gasteiger partial charge on any atom is -0.491 e. The van der Waals surface area contributed by atoms with E-state index >= 15 is 0 Å². The molecule has 0 unspecified atom stereocenters. The Morgan fingerprint density at radius 3 is 2.41 bits per heavy atom. The number of carbonyl (C=O) groups is 2. The van der Waals surface area contributed by atoms with E-state index in [1.807, 2.05) is 19.9 Å². The van der Waals surface area contributed by atoms with E-state index in [1.54, 1.807) is 18.2 Å². The fourth-order valence-corrected chi connectivity index (χ4v) is 1.09. The van der Waals surface area contributed by atoms with Crippen LogP contribution in [0.2, 0.25) is 0 Å². The van der Waals surface area contributed by atoms with Crippen molar-refractivity contribution in [3.05, 3.63) is 29.8 Å². The lowest BCUT2D eigenvalue weighted by Crippen LogP contribution is -2.07. The first-order valence-corrected chi connectivity index (χ1v) is 5.30. The van der Waals surface area contributed by atoms with Gasteiger partial charge in [0.15, 0.2) is 0 Å². The van der Waals surface area contributed by atoms with Gasteiger partial charge in [0, 0.05) is 0 Å². The highest BCUT2D eigenvalue weighted by atomic mass is 16.5. The zero-order valence-electron chi connectivity index (χ0n) is 10.6. The van der Waals surface area contributed by atoms with Crippen molar-refractivity contribution in [3.8, 4) is 5.75 Å². The van der Waals surface area contributed by atoms with Crippen LogP contribution in [0.25, 0.3) is 0 Å². The Hall–Kier alpha value is -1.84. The Balaban J connectivity index is 0.000000770. The molecule has 0 spiro atoms. The zero-order valence-corrected chi connectivity index (χ0v) is 10.6. The first-order valence-electron chi connectivity index (χ1n) is 5.30. The summed E-state index contributed by atoms with van der Waals surface area (Å²) in [5.41, 5.74) is 0.505. The summed E-state index contributed by atoms with van der Waals surface area (Å²) in [5.74, 6) is 0.335. The molecule has 1 aromatic rings. The third kappa shape index (κ3) is 6.35. The van der Waals surface area contributed by atoms with Gasteiger partial charge in [-0.25, -0.2) is 4.79 Å². The van der Waals surface area contributed by atoms with E-state index in [0.29, 0.717) is 11.3 Å². The molecule has 0 aromatic heterocycles. The Bertz CT molecular complexity index is 358. The fraction of sp³-hybridized carbons (Fsp3) is 0.385. The topological polar surface area (TPSA) is 52.6 Å². The van der Waals surface area contributed by atoms with Gasteiger partial charge in [-0.1, -0.05) is 6.07 Å². The SMILES string of the molecule is CC=O.COC(=O)c1cccc(OC(C)C)c1. The lowest BCUT2D eigenvalue weighted by atomic mass is 10.2. The predicted octanol–water partition coefficient (Wildman–Crippen LogP) is 2.47. The van der Waals surface area contributed by atoms with Crippen LogP contribution in [0.4, 0.5) is 0 Å². The number of benzene rings is 1. The second kappa shape index (κ2) is 8.33.